The van der Waals surface area contributed by atoms with Crippen molar-refractivity contribution in [3.63, 3.8) is 0 Å². The SMILES string of the molecule is CCC1(C(=O)NC2CCCc3ccccc32)CCNCC1. The molecule has 21 heavy (non-hydrogen) atoms. The van der Waals surface area contributed by atoms with E-state index >= 15 is 0 Å². The Morgan fingerprint density at radius 1 is 1.33 bits per heavy atom. The third-order valence-corrected chi connectivity index (χ3v) is 5.39. The number of carbonyl (C=O) groups excluding carboxylic acids is 1. The van der Waals surface area contributed by atoms with Crippen LogP contribution in [0.25, 0.3) is 0 Å². The molecule has 0 radical (unpaired) electrons. The molecule has 1 saturated heterocycles. The largest absolute Gasteiger partial charge is 0.349 e. The van der Waals surface area contributed by atoms with E-state index in [-0.39, 0.29) is 17.4 Å². The lowest BCUT2D eigenvalue weighted by Crippen LogP contribution is -2.48. The van der Waals surface area contributed by atoms with E-state index in [1.165, 1.54) is 17.5 Å². The van der Waals surface area contributed by atoms with Crippen molar-refractivity contribution in [2.75, 3.05) is 13.1 Å². The van der Waals surface area contributed by atoms with Crippen LogP contribution in [-0.2, 0) is 11.2 Å². The minimum atomic E-state index is -0.155. The van der Waals surface area contributed by atoms with E-state index in [2.05, 4.69) is 41.8 Å². The van der Waals surface area contributed by atoms with Crippen LogP contribution in [0.3, 0.4) is 0 Å². The zero-order valence-corrected chi connectivity index (χ0v) is 13.0. The average molecular weight is 286 g/mol. The Kier molecular flexibility index (Phi) is 4.29. The van der Waals surface area contributed by atoms with Gasteiger partial charge in [0.15, 0.2) is 0 Å². The van der Waals surface area contributed by atoms with Gasteiger partial charge >= 0.3 is 0 Å². The van der Waals surface area contributed by atoms with Crippen LogP contribution < -0.4 is 10.6 Å². The number of carbonyl (C=O) groups is 1. The summed E-state index contributed by atoms with van der Waals surface area (Å²) in [6, 6.07) is 8.78. The molecule has 1 unspecified atom stereocenters. The van der Waals surface area contributed by atoms with E-state index in [0.717, 1.165) is 45.2 Å². The van der Waals surface area contributed by atoms with Crippen LogP contribution in [-0.4, -0.2) is 19.0 Å². The molecule has 0 bridgehead atoms. The van der Waals surface area contributed by atoms with Crippen LogP contribution in [0.5, 0.6) is 0 Å². The van der Waals surface area contributed by atoms with Crippen LogP contribution in [0.2, 0.25) is 0 Å². The zero-order valence-electron chi connectivity index (χ0n) is 13.0. The molecule has 1 aliphatic heterocycles. The van der Waals surface area contributed by atoms with Crippen molar-refractivity contribution in [2.24, 2.45) is 5.41 Å². The quantitative estimate of drug-likeness (QED) is 0.897. The van der Waals surface area contributed by atoms with Crippen molar-refractivity contribution < 1.29 is 4.79 Å². The van der Waals surface area contributed by atoms with Crippen LogP contribution in [0.1, 0.15) is 56.2 Å². The first-order valence-corrected chi connectivity index (χ1v) is 8.35. The summed E-state index contributed by atoms with van der Waals surface area (Å²) in [5.74, 6) is 0.271. The summed E-state index contributed by atoms with van der Waals surface area (Å²) in [4.78, 5) is 12.9. The Labute approximate surface area is 127 Å². The second kappa shape index (κ2) is 6.18. The summed E-state index contributed by atoms with van der Waals surface area (Å²) in [7, 11) is 0. The first-order valence-electron chi connectivity index (χ1n) is 8.35. The number of hydrogen-bond acceptors (Lipinski definition) is 2. The molecule has 3 rings (SSSR count). The molecule has 2 N–H and O–H groups in total. The number of nitrogens with one attached hydrogen (secondary N) is 2. The first kappa shape index (κ1) is 14.6. The van der Waals surface area contributed by atoms with Gasteiger partial charge in [0.05, 0.1) is 11.5 Å². The summed E-state index contributed by atoms with van der Waals surface area (Å²) in [6.45, 7) is 4.07. The molecule has 1 aliphatic carbocycles. The monoisotopic (exact) mass is 286 g/mol. The molecule has 3 nitrogen and oxygen atoms in total. The van der Waals surface area contributed by atoms with Crippen molar-refractivity contribution in [2.45, 2.75) is 51.5 Å². The smallest absolute Gasteiger partial charge is 0.226 e. The fourth-order valence-electron chi connectivity index (χ4n) is 3.86. The van der Waals surface area contributed by atoms with Gasteiger partial charge in [-0.2, -0.15) is 0 Å². The highest BCUT2D eigenvalue weighted by atomic mass is 16.2. The number of benzene rings is 1. The Morgan fingerprint density at radius 3 is 2.86 bits per heavy atom. The molecule has 1 aromatic carbocycles. The summed E-state index contributed by atoms with van der Waals surface area (Å²) in [5.41, 5.74) is 2.58. The van der Waals surface area contributed by atoms with Crippen LogP contribution in [0.15, 0.2) is 24.3 Å². The van der Waals surface area contributed by atoms with Gasteiger partial charge in [-0.15, -0.1) is 0 Å². The van der Waals surface area contributed by atoms with E-state index in [1.54, 1.807) is 0 Å². The second-order valence-electron chi connectivity index (χ2n) is 6.50. The minimum absolute atomic E-state index is 0.155. The van der Waals surface area contributed by atoms with Crippen LogP contribution in [0, 0.1) is 5.41 Å². The van der Waals surface area contributed by atoms with Gasteiger partial charge in [0, 0.05) is 0 Å². The maximum absolute atomic E-state index is 12.9. The van der Waals surface area contributed by atoms with E-state index in [9.17, 15) is 4.79 Å². The molecule has 114 valence electrons. The van der Waals surface area contributed by atoms with Gasteiger partial charge in [0.2, 0.25) is 5.91 Å². The average Bonchev–Trinajstić information content (AvgIpc) is 2.56. The third-order valence-electron chi connectivity index (χ3n) is 5.39. The van der Waals surface area contributed by atoms with Crippen molar-refractivity contribution in [1.29, 1.82) is 0 Å². The number of piperidine rings is 1. The highest BCUT2D eigenvalue weighted by Crippen LogP contribution is 2.35. The molecular formula is C18H26N2O. The molecule has 3 heteroatoms. The fourth-order valence-corrected chi connectivity index (χ4v) is 3.86. The highest BCUT2D eigenvalue weighted by Gasteiger charge is 2.39. The van der Waals surface area contributed by atoms with Gasteiger partial charge in [0.1, 0.15) is 0 Å². The molecule has 1 amide bonds. The molecular weight excluding hydrogens is 260 g/mol. The van der Waals surface area contributed by atoms with Crippen LogP contribution in [0.4, 0.5) is 0 Å². The number of hydrogen-bond donors (Lipinski definition) is 2. The molecule has 1 fully saturated rings. The predicted octanol–water partition coefficient (Wildman–Crippen LogP) is 2.96. The van der Waals surface area contributed by atoms with E-state index in [4.69, 9.17) is 0 Å². The number of aryl methyl sites for hydroxylation is 1. The molecule has 1 heterocycles. The van der Waals surface area contributed by atoms with Crippen molar-refractivity contribution >= 4 is 5.91 Å². The van der Waals surface area contributed by atoms with Crippen molar-refractivity contribution in [3.8, 4) is 0 Å². The fraction of sp³-hybridized carbons (Fsp3) is 0.611. The zero-order chi connectivity index (χ0) is 14.7. The van der Waals surface area contributed by atoms with Crippen molar-refractivity contribution in [3.05, 3.63) is 35.4 Å². The summed E-state index contributed by atoms with van der Waals surface area (Å²) >= 11 is 0. The Hall–Kier alpha value is -1.35. The first-order chi connectivity index (χ1) is 10.2. The molecule has 1 aromatic rings. The molecule has 2 aliphatic rings. The summed E-state index contributed by atoms with van der Waals surface area (Å²) in [5, 5.41) is 6.74. The lowest BCUT2D eigenvalue weighted by molar-refractivity contribution is -0.133. The second-order valence-corrected chi connectivity index (χ2v) is 6.50. The van der Waals surface area contributed by atoms with Gasteiger partial charge in [0.25, 0.3) is 0 Å². The lowest BCUT2D eigenvalue weighted by atomic mass is 9.75. The highest BCUT2D eigenvalue weighted by molar-refractivity contribution is 5.83. The molecule has 1 atom stereocenters. The van der Waals surface area contributed by atoms with Gasteiger partial charge in [-0.1, -0.05) is 31.2 Å². The van der Waals surface area contributed by atoms with Gasteiger partial charge < -0.3 is 10.6 Å². The molecule has 0 saturated carbocycles. The lowest BCUT2D eigenvalue weighted by Gasteiger charge is -2.37. The topological polar surface area (TPSA) is 41.1 Å². The number of amides is 1. The maximum atomic E-state index is 12.9. The molecule has 0 aromatic heterocycles. The summed E-state index contributed by atoms with van der Waals surface area (Å²) < 4.78 is 0. The van der Waals surface area contributed by atoms with Gasteiger partial charge in [-0.25, -0.2) is 0 Å². The van der Waals surface area contributed by atoms with Crippen molar-refractivity contribution in [1.82, 2.24) is 10.6 Å². The summed E-state index contributed by atoms with van der Waals surface area (Å²) in [6.07, 6.45) is 6.25. The Balaban J connectivity index is 1.76. The normalized spacial score (nSPS) is 24.1. The Morgan fingerprint density at radius 2 is 2.10 bits per heavy atom. The van der Waals surface area contributed by atoms with E-state index < -0.39 is 0 Å². The maximum Gasteiger partial charge on any atom is 0.226 e. The Bertz CT molecular complexity index is 506. The number of fused-ring (bicyclic) bond motifs is 1. The van der Waals surface area contributed by atoms with E-state index in [0.29, 0.717) is 0 Å². The number of rotatable bonds is 3. The van der Waals surface area contributed by atoms with Crippen LogP contribution >= 0.6 is 0 Å². The third kappa shape index (κ3) is 2.84. The minimum Gasteiger partial charge on any atom is -0.349 e. The standard InChI is InChI=1S/C18H26N2O/c1-2-18(10-12-19-13-11-18)17(21)20-16-9-5-7-14-6-3-4-8-15(14)16/h3-4,6,8,16,19H,2,5,7,9-13H2,1H3,(H,20,21). The van der Waals surface area contributed by atoms with Gasteiger partial charge in [-0.05, 0) is 62.7 Å². The predicted molar refractivity (Wildman–Crippen MR) is 85.1 cm³/mol. The molecule has 0 spiro atoms. The van der Waals surface area contributed by atoms with Gasteiger partial charge in [-0.3, -0.25) is 4.79 Å². The van der Waals surface area contributed by atoms with E-state index in [1.807, 2.05) is 0 Å².